The number of aromatic carboxylic acids is 1. The number of ketones is 1. The van der Waals surface area contributed by atoms with Crippen molar-refractivity contribution in [2.24, 2.45) is 5.92 Å². The van der Waals surface area contributed by atoms with Gasteiger partial charge < -0.3 is 9.52 Å². The highest BCUT2D eigenvalue weighted by Gasteiger charge is 2.30. The van der Waals surface area contributed by atoms with Crippen LogP contribution in [0.5, 0.6) is 0 Å². The van der Waals surface area contributed by atoms with Crippen molar-refractivity contribution < 1.29 is 19.1 Å². The summed E-state index contributed by atoms with van der Waals surface area (Å²) in [7, 11) is 0. The third kappa shape index (κ3) is 1.23. The Kier molecular flexibility index (Phi) is 1.91. The van der Waals surface area contributed by atoms with Crippen molar-refractivity contribution in [2.75, 3.05) is 0 Å². The second-order valence-corrected chi connectivity index (χ2v) is 3.69. The molecule has 4 nitrogen and oxygen atoms in total. The highest BCUT2D eigenvalue weighted by atomic mass is 16.4. The maximum atomic E-state index is 11.6. The van der Waals surface area contributed by atoms with Crippen molar-refractivity contribution in [3.05, 3.63) is 23.2 Å². The number of carboxylic acid groups (broad SMARTS) is 1. The number of hydrogen-bond acceptors (Lipinski definition) is 3. The molecule has 0 saturated carbocycles. The van der Waals surface area contributed by atoms with Crippen LogP contribution in [0, 0.1) is 5.92 Å². The van der Waals surface area contributed by atoms with Crippen LogP contribution in [0.1, 0.15) is 39.8 Å². The fourth-order valence-corrected chi connectivity index (χ4v) is 1.82. The number of Topliss-reactive ketones (excluding diaryl/α,β-unsaturated/α-hetero) is 1. The number of furan rings is 1. The number of carboxylic acids is 1. The molecule has 0 aliphatic heterocycles. The molecule has 0 spiro atoms. The lowest BCUT2D eigenvalue weighted by molar-refractivity contribution is 0.0690. The molecule has 1 aliphatic rings. The van der Waals surface area contributed by atoms with E-state index >= 15 is 0 Å². The minimum atomic E-state index is -1.10. The summed E-state index contributed by atoms with van der Waals surface area (Å²) in [6, 6.07) is 0. The van der Waals surface area contributed by atoms with Gasteiger partial charge in [0.15, 0.2) is 5.78 Å². The van der Waals surface area contributed by atoms with Gasteiger partial charge >= 0.3 is 5.97 Å². The lowest BCUT2D eigenvalue weighted by atomic mass is 9.87. The van der Waals surface area contributed by atoms with E-state index < -0.39 is 5.97 Å². The third-order valence-electron chi connectivity index (χ3n) is 2.44. The Bertz CT molecular complexity index is 402. The first-order valence-corrected chi connectivity index (χ1v) is 4.46. The van der Waals surface area contributed by atoms with Crippen molar-refractivity contribution in [3.63, 3.8) is 0 Å². The molecule has 1 aliphatic carbocycles. The first-order chi connectivity index (χ1) is 6.59. The van der Waals surface area contributed by atoms with Crippen LogP contribution in [0.3, 0.4) is 0 Å². The van der Waals surface area contributed by atoms with Gasteiger partial charge in [-0.05, 0) is 5.92 Å². The molecule has 0 fully saturated rings. The van der Waals surface area contributed by atoms with Gasteiger partial charge in [-0.25, -0.2) is 4.79 Å². The smallest absolute Gasteiger partial charge is 0.339 e. The van der Waals surface area contributed by atoms with Crippen LogP contribution in [0.2, 0.25) is 0 Å². The predicted molar refractivity (Wildman–Crippen MR) is 47.5 cm³/mol. The lowest BCUT2D eigenvalue weighted by Crippen LogP contribution is -2.18. The van der Waals surface area contributed by atoms with E-state index in [1.54, 1.807) is 0 Å². The molecule has 1 aromatic heterocycles. The van der Waals surface area contributed by atoms with E-state index in [0.29, 0.717) is 18.6 Å². The molecule has 0 saturated heterocycles. The Morgan fingerprint density at radius 2 is 2.29 bits per heavy atom. The van der Waals surface area contributed by atoms with Crippen LogP contribution in [-0.4, -0.2) is 16.9 Å². The summed E-state index contributed by atoms with van der Waals surface area (Å²) in [6.07, 6.45) is 2.21. The van der Waals surface area contributed by atoms with E-state index in [2.05, 4.69) is 0 Å². The molecule has 74 valence electrons. The van der Waals surface area contributed by atoms with E-state index in [0.717, 1.165) is 6.26 Å². The summed E-state index contributed by atoms with van der Waals surface area (Å²) in [5.41, 5.74) is 0.271. The minimum absolute atomic E-state index is 0.00287. The topological polar surface area (TPSA) is 67.5 Å². The van der Waals surface area contributed by atoms with Crippen LogP contribution >= 0.6 is 0 Å². The average Bonchev–Trinajstić information content (AvgIpc) is 2.47. The average molecular weight is 194 g/mol. The zero-order valence-electron chi connectivity index (χ0n) is 7.74. The normalized spacial score (nSPS) is 20.6. The van der Waals surface area contributed by atoms with E-state index in [1.165, 1.54) is 0 Å². The largest absolute Gasteiger partial charge is 0.478 e. The van der Waals surface area contributed by atoms with Gasteiger partial charge in [0, 0.05) is 12.8 Å². The first-order valence-electron chi connectivity index (χ1n) is 4.46. The Balaban J connectivity index is 2.52. The molecular weight excluding hydrogens is 184 g/mol. The fraction of sp³-hybridized carbons (Fsp3) is 0.400. The van der Waals surface area contributed by atoms with E-state index in [9.17, 15) is 9.59 Å². The third-order valence-corrected chi connectivity index (χ3v) is 2.44. The van der Waals surface area contributed by atoms with Crippen LogP contribution in [0.4, 0.5) is 0 Å². The molecule has 1 N–H and O–H groups in total. The van der Waals surface area contributed by atoms with Gasteiger partial charge in [0.25, 0.3) is 0 Å². The van der Waals surface area contributed by atoms with Gasteiger partial charge in [-0.15, -0.1) is 0 Å². The molecule has 4 heteroatoms. The zero-order valence-corrected chi connectivity index (χ0v) is 7.74. The molecule has 2 rings (SSSR count). The summed E-state index contributed by atoms with van der Waals surface area (Å²) in [5, 5.41) is 8.80. The number of hydrogen-bond donors (Lipinski definition) is 1. The van der Waals surface area contributed by atoms with Crippen molar-refractivity contribution in [1.82, 2.24) is 0 Å². The van der Waals surface area contributed by atoms with Crippen LogP contribution in [-0.2, 0) is 6.42 Å². The van der Waals surface area contributed by atoms with Gasteiger partial charge in [0.2, 0.25) is 0 Å². The highest BCUT2D eigenvalue weighted by Crippen LogP contribution is 2.29. The Morgan fingerprint density at radius 3 is 2.93 bits per heavy atom. The van der Waals surface area contributed by atoms with Gasteiger partial charge in [-0.1, -0.05) is 6.92 Å². The molecule has 0 radical (unpaired) electrons. The van der Waals surface area contributed by atoms with Crippen molar-refractivity contribution in [2.45, 2.75) is 19.8 Å². The Hall–Kier alpha value is -1.58. The lowest BCUT2D eigenvalue weighted by Gasteiger charge is -2.15. The predicted octanol–water partition coefficient (Wildman–Crippen LogP) is 1.74. The van der Waals surface area contributed by atoms with Crippen LogP contribution in [0.15, 0.2) is 10.7 Å². The fourth-order valence-electron chi connectivity index (χ4n) is 1.82. The maximum absolute atomic E-state index is 11.6. The highest BCUT2D eigenvalue weighted by molar-refractivity contribution is 6.07. The molecule has 1 heterocycles. The van der Waals surface area contributed by atoms with E-state index in [-0.39, 0.29) is 22.8 Å². The molecule has 0 aromatic carbocycles. The SMILES string of the molecule is C[C@@H]1CC(=O)c2c(C(=O)O)coc2C1. The van der Waals surface area contributed by atoms with Crippen LogP contribution < -0.4 is 0 Å². The van der Waals surface area contributed by atoms with Crippen molar-refractivity contribution in [3.8, 4) is 0 Å². The summed E-state index contributed by atoms with van der Waals surface area (Å²) >= 11 is 0. The molecule has 0 amide bonds. The molecule has 1 aromatic rings. The van der Waals surface area contributed by atoms with Crippen LogP contribution in [0.25, 0.3) is 0 Å². The Labute approximate surface area is 80.5 Å². The van der Waals surface area contributed by atoms with Gasteiger partial charge in [-0.3, -0.25) is 4.79 Å². The van der Waals surface area contributed by atoms with Crippen molar-refractivity contribution >= 4 is 11.8 Å². The maximum Gasteiger partial charge on any atom is 0.339 e. The molecular formula is C10H10O4. The molecule has 0 unspecified atom stereocenters. The van der Waals surface area contributed by atoms with E-state index in [4.69, 9.17) is 9.52 Å². The summed E-state index contributed by atoms with van der Waals surface area (Å²) in [4.78, 5) is 22.3. The van der Waals surface area contributed by atoms with Gasteiger partial charge in [0.05, 0.1) is 5.56 Å². The minimum Gasteiger partial charge on any atom is -0.478 e. The van der Waals surface area contributed by atoms with Gasteiger partial charge in [-0.2, -0.15) is 0 Å². The number of rotatable bonds is 1. The van der Waals surface area contributed by atoms with Gasteiger partial charge in [0.1, 0.15) is 17.6 Å². The van der Waals surface area contributed by atoms with E-state index in [1.807, 2.05) is 6.92 Å². The Morgan fingerprint density at radius 1 is 1.57 bits per heavy atom. The summed E-state index contributed by atoms with van der Waals surface area (Å²) < 4.78 is 5.09. The number of fused-ring (bicyclic) bond motifs is 1. The summed E-state index contributed by atoms with van der Waals surface area (Å²) in [5.74, 6) is -0.461. The number of carbonyl (C=O) groups is 2. The standard InChI is InChI=1S/C10H10O4/c1-5-2-7(11)9-6(10(12)13)4-14-8(9)3-5/h4-5H,2-3H2,1H3,(H,12,13)/t5-/m1/s1. The monoisotopic (exact) mass is 194 g/mol. The first kappa shape index (κ1) is 8.99. The molecule has 14 heavy (non-hydrogen) atoms. The molecule has 1 atom stereocenters. The zero-order chi connectivity index (χ0) is 10.3. The number of carbonyl (C=O) groups excluding carboxylic acids is 1. The second kappa shape index (κ2) is 2.97. The van der Waals surface area contributed by atoms with Crippen molar-refractivity contribution in [1.29, 1.82) is 0 Å². The second-order valence-electron chi connectivity index (χ2n) is 3.69. The molecule has 0 bridgehead atoms. The quantitative estimate of drug-likeness (QED) is 0.739. The summed E-state index contributed by atoms with van der Waals surface area (Å²) in [6.45, 7) is 1.95.